The van der Waals surface area contributed by atoms with Crippen LogP contribution in [0, 0.1) is 11.8 Å². The monoisotopic (exact) mass is 491 g/mol. The number of aliphatic hydroxyl groups excluding tert-OH is 1. The molecule has 0 spiro atoms. The number of Topliss-reactive ketones (excluding diaryl/α,β-unsaturated/α-hetero) is 1. The number of carbonyl (C=O) groups is 2. The third-order valence-electron chi connectivity index (χ3n) is 7.73. The fraction of sp³-hybridized carbons (Fsp3) is 0.533. The van der Waals surface area contributed by atoms with Gasteiger partial charge < -0.3 is 10.4 Å². The molecule has 1 atom stereocenters. The van der Waals surface area contributed by atoms with Crippen LogP contribution in [0.3, 0.4) is 0 Å². The van der Waals surface area contributed by atoms with Crippen LogP contribution in [0.5, 0.6) is 0 Å². The third-order valence-corrected chi connectivity index (χ3v) is 7.73. The molecule has 0 radical (unpaired) electrons. The first-order valence-corrected chi connectivity index (χ1v) is 13.7. The minimum atomic E-state index is -1.00. The van der Waals surface area contributed by atoms with Crippen LogP contribution >= 0.6 is 0 Å². The van der Waals surface area contributed by atoms with Gasteiger partial charge in [-0.2, -0.15) is 0 Å². The molecule has 1 unspecified atom stereocenters. The van der Waals surface area contributed by atoms with E-state index in [1.807, 2.05) is 18.2 Å². The number of rotatable bonds is 12. The van der Waals surface area contributed by atoms with Crippen molar-refractivity contribution in [3.8, 4) is 0 Å². The Hall–Kier alpha value is -2.70. The van der Waals surface area contributed by atoms with Gasteiger partial charge in [-0.25, -0.2) is 0 Å². The maximum atomic E-state index is 13.0. The van der Waals surface area contributed by atoms with E-state index in [9.17, 15) is 14.7 Å². The van der Waals surface area contributed by atoms with Gasteiger partial charge in [-0.05, 0) is 75.2 Å². The third kappa shape index (κ3) is 6.95. The van der Waals surface area contributed by atoms with Crippen LogP contribution in [0.15, 0.2) is 54.6 Å². The first-order valence-electron chi connectivity index (χ1n) is 13.7. The zero-order chi connectivity index (χ0) is 25.3. The number of carbonyl (C=O) groups excluding carboxylic acids is 2. The van der Waals surface area contributed by atoms with Crippen molar-refractivity contribution < 1.29 is 14.7 Å². The van der Waals surface area contributed by atoms with Crippen molar-refractivity contribution >= 4 is 17.4 Å². The van der Waals surface area contributed by atoms with Crippen molar-refractivity contribution in [3.63, 3.8) is 0 Å². The fourth-order valence-corrected chi connectivity index (χ4v) is 5.58. The second kappa shape index (κ2) is 13.0. The highest BCUT2D eigenvalue weighted by Gasteiger charge is 2.34. The Balaban J connectivity index is 1.20. The number of amides is 1. The molecule has 2 aromatic rings. The minimum Gasteiger partial charge on any atom is -0.356 e. The number of nitrogens with zero attached hydrogens (tertiary/aromatic N) is 2. The first kappa shape index (κ1) is 26.4. The maximum absolute atomic E-state index is 13.0. The van der Waals surface area contributed by atoms with E-state index in [-0.39, 0.29) is 11.8 Å². The van der Waals surface area contributed by atoms with Gasteiger partial charge in [0.15, 0.2) is 0 Å². The van der Waals surface area contributed by atoms with Crippen LogP contribution in [0.4, 0.5) is 5.69 Å². The van der Waals surface area contributed by atoms with Gasteiger partial charge >= 0.3 is 0 Å². The van der Waals surface area contributed by atoms with Gasteiger partial charge in [0.25, 0.3) is 5.91 Å². The van der Waals surface area contributed by atoms with E-state index in [0.29, 0.717) is 35.9 Å². The molecule has 2 N–H and O–H groups in total. The van der Waals surface area contributed by atoms with Crippen LogP contribution in [-0.2, 0) is 11.3 Å². The predicted molar refractivity (Wildman–Crippen MR) is 143 cm³/mol. The number of nitrogens with one attached hydrogen (secondary N) is 1. The zero-order valence-electron chi connectivity index (χ0n) is 21.6. The Morgan fingerprint density at radius 1 is 1.00 bits per heavy atom. The molecule has 2 aliphatic rings. The van der Waals surface area contributed by atoms with E-state index in [1.165, 1.54) is 23.3 Å². The van der Waals surface area contributed by atoms with Crippen LogP contribution in [0.1, 0.15) is 74.2 Å². The highest BCUT2D eigenvalue weighted by atomic mass is 16.3. The summed E-state index contributed by atoms with van der Waals surface area (Å²) < 4.78 is 0. The van der Waals surface area contributed by atoms with E-state index in [4.69, 9.17) is 0 Å². The average molecular weight is 492 g/mol. The van der Waals surface area contributed by atoms with Gasteiger partial charge in [0.2, 0.25) is 6.35 Å². The van der Waals surface area contributed by atoms with E-state index in [0.717, 1.165) is 51.7 Å². The number of unbranched alkanes of at least 4 members (excludes halogenated alkanes) is 1. The number of para-hydroxylation sites is 1. The lowest BCUT2D eigenvalue weighted by molar-refractivity contribution is -0.124. The van der Waals surface area contributed by atoms with Gasteiger partial charge in [0.05, 0.1) is 11.3 Å². The summed E-state index contributed by atoms with van der Waals surface area (Å²) in [6.07, 6.45) is 6.53. The van der Waals surface area contributed by atoms with Crippen LogP contribution in [0.2, 0.25) is 0 Å². The van der Waals surface area contributed by atoms with Crippen molar-refractivity contribution in [3.05, 3.63) is 65.7 Å². The van der Waals surface area contributed by atoms with Crippen molar-refractivity contribution in [2.45, 2.75) is 71.2 Å². The molecule has 0 saturated heterocycles. The number of hydrogen-bond donors (Lipinski definition) is 2. The second-order valence-electron chi connectivity index (χ2n) is 10.4. The molecule has 0 aromatic heterocycles. The summed E-state index contributed by atoms with van der Waals surface area (Å²) in [6.45, 7) is 5.72. The Morgan fingerprint density at radius 2 is 1.69 bits per heavy atom. The lowest BCUT2D eigenvalue weighted by Crippen LogP contribution is -2.50. The van der Waals surface area contributed by atoms with Crippen molar-refractivity contribution in [1.29, 1.82) is 0 Å². The quantitative estimate of drug-likeness (QED) is 0.422. The summed E-state index contributed by atoms with van der Waals surface area (Å²) in [4.78, 5) is 29.9. The second-order valence-corrected chi connectivity index (χ2v) is 10.4. The van der Waals surface area contributed by atoms with Crippen molar-refractivity contribution in [2.24, 2.45) is 11.8 Å². The molecule has 36 heavy (non-hydrogen) atoms. The molecular weight excluding hydrogens is 450 g/mol. The van der Waals surface area contributed by atoms with Crippen molar-refractivity contribution in [1.82, 2.24) is 9.80 Å². The summed E-state index contributed by atoms with van der Waals surface area (Å²) >= 11 is 0. The highest BCUT2D eigenvalue weighted by molar-refractivity contribution is 6.01. The van der Waals surface area contributed by atoms with Gasteiger partial charge in [-0.15, -0.1) is 0 Å². The Bertz CT molecular complexity index is 988. The summed E-state index contributed by atoms with van der Waals surface area (Å²) in [5.74, 6) is 0.724. The van der Waals surface area contributed by atoms with E-state index >= 15 is 0 Å². The van der Waals surface area contributed by atoms with E-state index < -0.39 is 6.35 Å². The Labute approximate surface area is 215 Å². The summed E-state index contributed by atoms with van der Waals surface area (Å²) in [7, 11) is 0. The van der Waals surface area contributed by atoms with E-state index in [2.05, 4.69) is 47.5 Å². The molecule has 1 saturated carbocycles. The number of benzene rings is 2. The molecule has 6 nitrogen and oxygen atoms in total. The fourth-order valence-electron chi connectivity index (χ4n) is 5.58. The minimum absolute atomic E-state index is 0.127. The molecule has 194 valence electrons. The summed E-state index contributed by atoms with van der Waals surface area (Å²) in [5, 5.41) is 13.5. The Morgan fingerprint density at radius 3 is 2.44 bits per heavy atom. The van der Waals surface area contributed by atoms with Crippen LogP contribution in [0.25, 0.3) is 0 Å². The number of aliphatic hydroxyl groups is 1. The number of fused-ring (bicyclic) bond motifs is 1. The standard InChI is InChI=1S/C30H41N3O3/c1-2-3-19-32(21-23-10-5-4-6-11-23)20-9-14-28(34)25-17-15-24(16-18-25)22-33-29(35)26-12-7-8-13-27(26)31-30(33)36/h4-8,10-13,24-25,30-31,36H,2-3,9,14-22H2,1H3. The molecule has 2 aromatic carbocycles. The van der Waals surface area contributed by atoms with Gasteiger partial charge in [-0.3, -0.25) is 19.4 Å². The maximum Gasteiger partial charge on any atom is 0.259 e. The number of anilines is 1. The molecule has 1 aliphatic heterocycles. The lowest BCUT2D eigenvalue weighted by Gasteiger charge is -2.38. The molecule has 1 fully saturated rings. The average Bonchev–Trinajstić information content (AvgIpc) is 2.90. The summed E-state index contributed by atoms with van der Waals surface area (Å²) in [6, 6.07) is 17.9. The van der Waals surface area contributed by atoms with Crippen molar-refractivity contribution in [2.75, 3.05) is 25.0 Å². The molecule has 0 bridgehead atoms. The topological polar surface area (TPSA) is 72.9 Å². The van der Waals surface area contributed by atoms with Gasteiger partial charge in [-0.1, -0.05) is 55.8 Å². The first-order chi connectivity index (χ1) is 17.5. The smallest absolute Gasteiger partial charge is 0.259 e. The molecule has 1 amide bonds. The molecule has 1 heterocycles. The van der Waals surface area contributed by atoms with Crippen LogP contribution in [-0.4, -0.2) is 52.6 Å². The SMILES string of the molecule is CCCCN(CCCC(=O)C1CCC(CN2C(=O)c3ccccc3NC2O)CC1)Cc1ccccc1. The largest absolute Gasteiger partial charge is 0.356 e. The molecule has 1 aliphatic carbocycles. The van der Waals surface area contributed by atoms with Gasteiger partial charge in [0, 0.05) is 25.4 Å². The molecule has 6 heteroatoms. The predicted octanol–water partition coefficient (Wildman–Crippen LogP) is 5.29. The molecule has 4 rings (SSSR count). The number of hydrogen-bond acceptors (Lipinski definition) is 5. The summed E-state index contributed by atoms with van der Waals surface area (Å²) in [5.41, 5.74) is 2.61. The Kier molecular flexibility index (Phi) is 9.54. The van der Waals surface area contributed by atoms with Crippen LogP contribution < -0.4 is 5.32 Å². The zero-order valence-corrected chi connectivity index (χ0v) is 21.6. The molecular formula is C30H41N3O3. The lowest BCUT2D eigenvalue weighted by atomic mass is 9.79. The van der Waals surface area contributed by atoms with E-state index in [1.54, 1.807) is 6.07 Å². The van der Waals surface area contributed by atoms with Gasteiger partial charge in [0.1, 0.15) is 5.78 Å². The highest BCUT2D eigenvalue weighted by Crippen LogP contribution is 2.33. The number of ketones is 1. The normalized spacial score (nSPS) is 21.8.